The minimum Gasteiger partial charge on any atom is -0.593 e. The summed E-state index contributed by atoms with van der Waals surface area (Å²) in [6, 6.07) is 4.67. The second-order valence-electron chi connectivity index (χ2n) is 6.22. The molecule has 3 rings (SSSR count). The highest BCUT2D eigenvalue weighted by atomic mass is 32.2. The molecule has 9 heteroatoms. The van der Waals surface area contributed by atoms with Gasteiger partial charge in [0.1, 0.15) is 5.75 Å². The van der Waals surface area contributed by atoms with Gasteiger partial charge >= 0.3 is 6.18 Å². The molecule has 1 aromatic carbocycles. The van der Waals surface area contributed by atoms with Gasteiger partial charge in [-0.3, -0.25) is 4.79 Å². The van der Waals surface area contributed by atoms with Crippen LogP contribution in [0.1, 0.15) is 11.1 Å². The largest absolute Gasteiger partial charge is 0.593 e. The Morgan fingerprint density at radius 1 is 1.27 bits per heavy atom. The molecule has 1 aliphatic rings. The molecule has 5 nitrogen and oxygen atoms in total. The lowest BCUT2D eigenvalue weighted by molar-refractivity contribution is -0.153. The topological polar surface area (TPSA) is 57.5 Å². The Hall–Kier alpha value is -1.97. The molecule has 0 radical (unpaired) electrons. The van der Waals surface area contributed by atoms with Crippen LogP contribution in [-0.4, -0.2) is 33.3 Å². The smallest absolute Gasteiger partial charge is 0.422 e. The van der Waals surface area contributed by atoms with Crippen LogP contribution < -0.4 is 10.3 Å². The van der Waals surface area contributed by atoms with Gasteiger partial charge in [-0.25, -0.2) is 0 Å². The van der Waals surface area contributed by atoms with E-state index in [1.165, 1.54) is 16.8 Å². The summed E-state index contributed by atoms with van der Waals surface area (Å²) < 4.78 is 58.2. The van der Waals surface area contributed by atoms with Crippen molar-refractivity contribution in [3.63, 3.8) is 0 Å². The van der Waals surface area contributed by atoms with Crippen LogP contribution >= 0.6 is 0 Å². The van der Waals surface area contributed by atoms with E-state index in [9.17, 15) is 22.5 Å². The van der Waals surface area contributed by atoms with E-state index in [2.05, 4.69) is 0 Å². The molecular weight excluding hydrogens is 369 g/mol. The lowest BCUT2D eigenvalue weighted by Gasteiger charge is -2.16. The van der Waals surface area contributed by atoms with Crippen LogP contribution in [0, 0.1) is 6.92 Å². The molecule has 0 aliphatic carbocycles. The summed E-state index contributed by atoms with van der Waals surface area (Å²) in [5.74, 6) is 0.0476. The number of hydrogen-bond acceptors (Lipinski definition) is 4. The Balaban J connectivity index is 2.14. The number of aryl methyl sites for hydroxylation is 2. The van der Waals surface area contributed by atoms with E-state index >= 15 is 0 Å². The van der Waals surface area contributed by atoms with Crippen LogP contribution in [0.25, 0.3) is 11.1 Å². The van der Waals surface area contributed by atoms with E-state index in [1.54, 1.807) is 37.5 Å². The Kier molecular flexibility index (Phi) is 4.80. The maximum atomic E-state index is 12.6. The SMILES string of the molecule is Cc1cc(-c2cc3c(cc2OCC(F)(F)F)CN(C)[S+]3[O-])cn(C)c1=O. The predicted molar refractivity (Wildman–Crippen MR) is 91.3 cm³/mol. The molecule has 0 fully saturated rings. The average Bonchev–Trinajstić information content (AvgIpc) is 2.82. The zero-order valence-electron chi connectivity index (χ0n) is 14.4. The van der Waals surface area contributed by atoms with Gasteiger partial charge in [-0.2, -0.15) is 13.2 Å². The van der Waals surface area contributed by atoms with Gasteiger partial charge in [0.25, 0.3) is 5.56 Å². The number of fused-ring (bicyclic) bond motifs is 1. The predicted octanol–water partition coefficient (Wildman–Crippen LogP) is 2.77. The van der Waals surface area contributed by atoms with E-state index in [0.29, 0.717) is 33.7 Å². The van der Waals surface area contributed by atoms with Gasteiger partial charge in [0.05, 0.1) is 17.9 Å². The Morgan fingerprint density at radius 2 is 1.96 bits per heavy atom. The minimum absolute atomic E-state index is 0.0476. The third-order valence-electron chi connectivity index (χ3n) is 4.09. The maximum absolute atomic E-state index is 12.6. The van der Waals surface area contributed by atoms with Crippen LogP contribution in [0.5, 0.6) is 5.75 Å². The Bertz CT molecular complexity index is 885. The van der Waals surface area contributed by atoms with Crippen LogP contribution in [0.4, 0.5) is 13.2 Å². The van der Waals surface area contributed by atoms with Crippen LogP contribution in [0.15, 0.2) is 34.1 Å². The van der Waals surface area contributed by atoms with Gasteiger partial charge < -0.3 is 13.9 Å². The van der Waals surface area contributed by atoms with Gasteiger partial charge in [0.2, 0.25) is 0 Å². The van der Waals surface area contributed by atoms with Gasteiger partial charge in [0, 0.05) is 48.6 Å². The van der Waals surface area contributed by atoms with Crippen molar-refractivity contribution in [2.75, 3.05) is 13.7 Å². The molecule has 0 N–H and O–H groups in total. The minimum atomic E-state index is -4.48. The summed E-state index contributed by atoms with van der Waals surface area (Å²) in [5, 5.41) is 0. The number of ether oxygens (including phenoxy) is 1. The van der Waals surface area contributed by atoms with E-state index < -0.39 is 24.1 Å². The van der Waals surface area contributed by atoms with Crippen molar-refractivity contribution in [1.29, 1.82) is 0 Å². The third kappa shape index (κ3) is 3.60. The number of hydrogen-bond donors (Lipinski definition) is 0. The van der Waals surface area contributed by atoms with E-state index in [0.717, 1.165) is 0 Å². The summed E-state index contributed by atoms with van der Waals surface area (Å²) >= 11 is -1.38. The average molecular weight is 386 g/mol. The Morgan fingerprint density at radius 3 is 2.58 bits per heavy atom. The molecule has 0 amide bonds. The normalized spacial score (nSPS) is 17.4. The van der Waals surface area contributed by atoms with Crippen molar-refractivity contribution in [3.8, 4) is 16.9 Å². The lowest BCUT2D eigenvalue weighted by Crippen LogP contribution is -2.20. The van der Waals surface area contributed by atoms with Gasteiger partial charge in [0.15, 0.2) is 11.5 Å². The fraction of sp³-hybridized carbons (Fsp3) is 0.353. The fourth-order valence-electron chi connectivity index (χ4n) is 2.88. The number of aromatic nitrogens is 1. The van der Waals surface area contributed by atoms with Crippen molar-refractivity contribution >= 4 is 11.4 Å². The first-order valence-corrected chi connectivity index (χ1v) is 8.84. The molecule has 0 saturated carbocycles. The highest BCUT2D eigenvalue weighted by Gasteiger charge is 2.34. The standard InChI is InChI=1S/C17H17F3N2O3S/c1-10-4-11(7-21(2)16(10)23)13-6-15-12(8-22(3)26(15)24)5-14(13)25-9-17(18,19)20/h4-7H,8-9H2,1-3H3. The van der Waals surface area contributed by atoms with Crippen molar-refractivity contribution < 1.29 is 22.5 Å². The zero-order valence-corrected chi connectivity index (χ0v) is 15.2. The molecule has 0 saturated heterocycles. The molecular formula is C17H17F3N2O3S. The monoisotopic (exact) mass is 386 g/mol. The van der Waals surface area contributed by atoms with E-state index in [4.69, 9.17) is 4.74 Å². The molecule has 2 aromatic rings. The molecule has 140 valence electrons. The van der Waals surface area contributed by atoms with E-state index in [1.807, 2.05) is 0 Å². The third-order valence-corrected chi connectivity index (χ3v) is 5.54. The molecule has 0 bridgehead atoms. The van der Waals surface area contributed by atoms with E-state index in [-0.39, 0.29) is 11.3 Å². The van der Waals surface area contributed by atoms with Crippen molar-refractivity contribution in [1.82, 2.24) is 8.87 Å². The first-order chi connectivity index (χ1) is 12.1. The summed E-state index contributed by atoms with van der Waals surface area (Å²) in [5.41, 5.74) is 1.81. The van der Waals surface area contributed by atoms with Gasteiger partial charge in [-0.1, -0.05) is 0 Å². The Labute approximate surface area is 151 Å². The summed E-state index contributed by atoms with van der Waals surface area (Å²) in [7, 11) is 3.23. The number of halogens is 3. The number of nitrogens with zero attached hydrogens (tertiary/aromatic N) is 2. The summed E-state index contributed by atoms with van der Waals surface area (Å²) in [6.07, 6.45) is -2.95. The molecule has 0 spiro atoms. The zero-order chi connectivity index (χ0) is 19.2. The molecule has 1 atom stereocenters. The molecule has 1 unspecified atom stereocenters. The van der Waals surface area contributed by atoms with Crippen LogP contribution in [-0.2, 0) is 25.0 Å². The fourth-order valence-corrected chi connectivity index (χ4v) is 4.04. The van der Waals surface area contributed by atoms with Crippen molar-refractivity contribution in [2.24, 2.45) is 7.05 Å². The van der Waals surface area contributed by atoms with Crippen LogP contribution in [0.3, 0.4) is 0 Å². The summed E-state index contributed by atoms with van der Waals surface area (Å²) in [4.78, 5) is 12.4. The quantitative estimate of drug-likeness (QED) is 0.762. The number of pyridine rings is 1. The van der Waals surface area contributed by atoms with Crippen molar-refractivity contribution in [2.45, 2.75) is 24.5 Å². The highest BCUT2D eigenvalue weighted by molar-refractivity contribution is 7.89. The van der Waals surface area contributed by atoms with Crippen molar-refractivity contribution in [3.05, 3.63) is 45.9 Å². The van der Waals surface area contributed by atoms with Gasteiger partial charge in [-0.15, -0.1) is 4.31 Å². The van der Waals surface area contributed by atoms with Crippen LogP contribution in [0.2, 0.25) is 0 Å². The van der Waals surface area contributed by atoms with Gasteiger partial charge in [-0.05, 0) is 19.1 Å². The second-order valence-corrected chi connectivity index (χ2v) is 7.78. The maximum Gasteiger partial charge on any atom is 0.422 e. The lowest BCUT2D eigenvalue weighted by atomic mass is 10.0. The molecule has 2 heterocycles. The molecule has 26 heavy (non-hydrogen) atoms. The number of alkyl halides is 3. The molecule has 1 aromatic heterocycles. The second kappa shape index (κ2) is 6.64. The first-order valence-electron chi connectivity index (χ1n) is 7.74. The number of rotatable bonds is 3. The summed E-state index contributed by atoms with van der Waals surface area (Å²) in [6.45, 7) is 0.556. The molecule has 1 aliphatic heterocycles. The number of benzene rings is 1. The first kappa shape index (κ1) is 18.8. The highest BCUT2D eigenvalue weighted by Crippen LogP contribution is 2.39.